The summed E-state index contributed by atoms with van der Waals surface area (Å²) in [4.78, 5) is 11.4. The lowest BCUT2D eigenvalue weighted by molar-refractivity contribution is -0.120. The molecule has 0 aliphatic heterocycles. The van der Waals surface area contributed by atoms with Crippen molar-refractivity contribution < 1.29 is 4.79 Å². The summed E-state index contributed by atoms with van der Waals surface area (Å²) < 4.78 is 0. The van der Waals surface area contributed by atoms with Gasteiger partial charge in [-0.3, -0.25) is 4.79 Å². The van der Waals surface area contributed by atoms with E-state index in [0.717, 1.165) is 19.3 Å². The van der Waals surface area contributed by atoms with Crippen molar-refractivity contribution in [2.24, 2.45) is 17.8 Å². The normalized spacial score (nSPS) is 40.1. The highest BCUT2D eigenvalue weighted by Gasteiger charge is 2.43. The Morgan fingerprint density at radius 3 is 2.83 bits per heavy atom. The van der Waals surface area contributed by atoms with Gasteiger partial charge in [-0.15, -0.1) is 0 Å². The van der Waals surface area contributed by atoms with Gasteiger partial charge in [-0.25, -0.2) is 0 Å². The first-order chi connectivity index (χ1) is 5.70. The third kappa shape index (κ3) is 1.03. The molecule has 1 nitrogen and oxygen atoms in total. The molecule has 0 bridgehead atoms. The van der Waals surface area contributed by atoms with Gasteiger partial charge < -0.3 is 0 Å². The van der Waals surface area contributed by atoms with E-state index in [1.54, 1.807) is 0 Å². The highest BCUT2D eigenvalue weighted by molar-refractivity contribution is 5.83. The lowest BCUT2D eigenvalue weighted by Crippen LogP contribution is -2.12. The molecule has 0 saturated heterocycles. The zero-order valence-electron chi connectivity index (χ0n) is 7.68. The van der Waals surface area contributed by atoms with E-state index in [1.807, 2.05) is 0 Å². The van der Waals surface area contributed by atoms with Crippen molar-refractivity contribution in [1.29, 1.82) is 0 Å². The van der Waals surface area contributed by atoms with Crippen LogP contribution in [0, 0.1) is 17.8 Å². The molecule has 0 N–H and O–H groups in total. The topological polar surface area (TPSA) is 17.1 Å². The van der Waals surface area contributed by atoms with Gasteiger partial charge in [0.1, 0.15) is 5.78 Å². The fourth-order valence-electron chi connectivity index (χ4n) is 2.98. The largest absolute Gasteiger partial charge is 0.299 e. The highest BCUT2D eigenvalue weighted by atomic mass is 16.1. The molecule has 0 aromatic rings. The Morgan fingerprint density at radius 1 is 1.42 bits per heavy atom. The van der Waals surface area contributed by atoms with Crippen molar-refractivity contribution in [3.05, 3.63) is 12.2 Å². The lowest BCUT2D eigenvalue weighted by Gasteiger charge is -2.17. The van der Waals surface area contributed by atoms with Crippen LogP contribution < -0.4 is 0 Å². The molecule has 0 aromatic carbocycles. The first kappa shape index (κ1) is 8.03. The van der Waals surface area contributed by atoms with Gasteiger partial charge in [0, 0.05) is 12.3 Å². The van der Waals surface area contributed by atoms with E-state index in [-0.39, 0.29) is 0 Å². The van der Waals surface area contributed by atoms with E-state index >= 15 is 0 Å². The lowest BCUT2D eigenvalue weighted by atomic mass is 9.87. The summed E-state index contributed by atoms with van der Waals surface area (Å²) in [6.07, 6.45) is 4.29. The van der Waals surface area contributed by atoms with Gasteiger partial charge in [-0.1, -0.05) is 12.2 Å². The second kappa shape index (κ2) is 2.72. The van der Waals surface area contributed by atoms with Crippen LogP contribution in [0.3, 0.4) is 0 Å². The van der Waals surface area contributed by atoms with Gasteiger partial charge >= 0.3 is 0 Å². The van der Waals surface area contributed by atoms with Crippen LogP contribution in [0.5, 0.6) is 0 Å². The number of ketones is 1. The number of Topliss-reactive ketones (excluding diaryl/α,β-unsaturated/α-hetero) is 1. The predicted molar refractivity (Wildman–Crippen MR) is 48.8 cm³/mol. The Bertz CT molecular complexity index is 229. The van der Waals surface area contributed by atoms with Crippen molar-refractivity contribution >= 4 is 5.78 Å². The van der Waals surface area contributed by atoms with Crippen LogP contribution in [-0.2, 0) is 4.79 Å². The maximum absolute atomic E-state index is 11.4. The van der Waals surface area contributed by atoms with Crippen molar-refractivity contribution in [1.82, 2.24) is 0 Å². The molecule has 2 fully saturated rings. The summed E-state index contributed by atoms with van der Waals surface area (Å²) in [5, 5.41) is 0. The minimum Gasteiger partial charge on any atom is -0.299 e. The van der Waals surface area contributed by atoms with Crippen molar-refractivity contribution in [2.45, 2.75) is 32.6 Å². The van der Waals surface area contributed by atoms with E-state index in [4.69, 9.17) is 0 Å². The first-order valence-electron chi connectivity index (χ1n) is 4.88. The Hall–Kier alpha value is -0.590. The third-order valence-corrected chi connectivity index (χ3v) is 3.59. The smallest absolute Gasteiger partial charge is 0.136 e. The number of carbonyl (C=O) groups is 1. The van der Waals surface area contributed by atoms with Crippen LogP contribution in [0.15, 0.2) is 12.2 Å². The van der Waals surface area contributed by atoms with Crippen molar-refractivity contribution in [2.75, 3.05) is 0 Å². The molecule has 3 atom stereocenters. The molecular formula is C11H16O. The molecule has 12 heavy (non-hydrogen) atoms. The third-order valence-electron chi connectivity index (χ3n) is 3.59. The van der Waals surface area contributed by atoms with Crippen LogP contribution in [-0.4, -0.2) is 5.78 Å². The second-order valence-electron chi connectivity index (χ2n) is 4.31. The molecule has 66 valence electrons. The molecule has 2 saturated carbocycles. The summed E-state index contributed by atoms with van der Waals surface area (Å²) in [6.45, 7) is 6.12. The van der Waals surface area contributed by atoms with Gasteiger partial charge in [0.05, 0.1) is 0 Å². The van der Waals surface area contributed by atoms with Gasteiger partial charge in [-0.05, 0) is 38.0 Å². The molecule has 2 aliphatic rings. The number of carbonyl (C=O) groups excluding carboxylic acids is 1. The number of allylic oxidation sites excluding steroid dienone is 1. The fourth-order valence-corrected chi connectivity index (χ4v) is 2.98. The Kier molecular flexibility index (Phi) is 1.82. The zero-order valence-corrected chi connectivity index (χ0v) is 7.68. The summed E-state index contributed by atoms with van der Waals surface area (Å²) in [5.41, 5.74) is 1.29. The van der Waals surface area contributed by atoms with Crippen LogP contribution in [0.1, 0.15) is 32.6 Å². The van der Waals surface area contributed by atoms with Crippen LogP contribution >= 0.6 is 0 Å². The van der Waals surface area contributed by atoms with Crippen molar-refractivity contribution in [3.63, 3.8) is 0 Å². The van der Waals surface area contributed by atoms with Gasteiger partial charge in [0.25, 0.3) is 0 Å². The fraction of sp³-hybridized carbons (Fsp3) is 0.727. The van der Waals surface area contributed by atoms with Gasteiger partial charge in [0.15, 0.2) is 0 Å². The van der Waals surface area contributed by atoms with E-state index in [1.165, 1.54) is 12.0 Å². The van der Waals surface area contributed by atoms with Gasteiger partial charge in [0.2, 0.25) is 0 Å². The Labute approximate surface area is 73.8 Å². The number of fused-ring (bicyclic) bond motifs is 1. The van der Waals surface area contributed by atoms with Crippen LogP contribution in [0.2, 0.25) is 0 Å². The molecule has 2 aliphatic carbocycles. The molecule has 0 amide bonds. The summed E-state index contributed by atoms with van der Waals surface area (Å²) >= 11 is 0. The molecule has 0 heterocycles. The summed E-state index contributed by atoms with van der Waals surface area (Å²) in [7, 11) is 0. The minimum atomic E-state index is 0.409. The molecular weight excluding hydrogens is 148 g/mol. The average Bonchev–Trinajstić information content (AvgIpc) is 2.53. The van der Waals surface area contributed by atoms with E-state index in [9.17, 15) is 4.79 Å². The molecule has 0 radical (unpaired) electrons. The van der Waals surface area contributed by atoms with Crippen LogP contribution in [0.4, 0.5) is 0 Å². The SMILES string of the molecule is C=C(C)C1CCC2C(=O)CCC12. The number of rotatable bonds is 1. The first-order valence-corrected chi connectivity index (χ1v) is 4.88. The predicted octanol–water partition coefficient (Wildman–Crippen LogP) is 2.57. The number of hydrogen-bond acceptors (Lipinski definition) is 1. The standard InChI is InChI=1S/C11H16O/c1-7(2)8-3-4-10-9(8)5-6-11(10)12/h8-10H,1,3-6H2,2H3. The van der Waals surface area contributed by atoms with Crippen LogP contribution in [0.25, 0.3) is 0 Å². The van der Waals surface area contributed by atoms with E-state index < -0.39 is 0 Å². The quantitative estimate of drug-likeness (QED) is 0.544. The minimum absolute atomic E-state index is 0.409. The van der Waals surface area contributed by atoms with E-state index in [2.05, 4.69) is 13.5 Å². The summed E-state index contributed by atoms with van der Waals surface area (Å²) in [5.74, 6) is 2.24. The Morgan fingerprint density at radius 2 is 2.17 bits per heavy atom. The van der Waals surface area contributed by atoms with Crippen molar-refractivity contribution in [3.8, 4) is 0 Å². The monoisotopic (exact) mass is 164 g/mol. The summed E-state index contributed by atoms with van der Waals surface area (Å²) in [6, 6.07) is 0. The molecule has 2 rings (SSSR count). The maximum atomic E-state index is 11.4. The molecule has 3 unspecified atom stereocenters. The highest BCUT2D eigenvalue weighted by Crippen LogP contribution is 2.47. The molecule has 1 heteroatoms. The maximum Gasteiger partial charge on any atom is 0.136 e. The second-order valence-corrected chi connectivity index (χ2v) is 4.31. The molecule has 0 aromatic heterocycles. The average molecular weight is 164 g/mol. The number of hydrogen-bond donors (Lipinski definition) is 0. The zero-order chi connectivity index (χ0) is 8.72. The Balaban J connectivity index is 2.15. The molecule has 0 spiro atoms. The van der Waals surface area contributed by atoms with E-state index in [0.29, 0.717) is 23.5 Å². The van der Waals surface area contributed by atoms with Gasteiger partial charge in [-0.2, -0.15) is 0 Å².